The van der Waals surface area contributed by atoms with Crippen LogP contribution in [0.3, 0.4) is 0 Å². The van der Waals surface area contributed by atoms with Crippen LogP contribution < -0.4 is 9.30 Å². The molecule has 0 bridgehead atoms. The number of pyridine rings is 1. The molecule has 0 spiro atoms. The van der Waals surface area contributed by atoms with Crippen molar-refractivity contribution in [2.24, 2.45) is 0 Å². The number of fused-ring (bicyclic) bond motifs is 4. The molecule has 5 aromatic carbocycles. The molecule has 0 unspecified atom stereocenters. The van der Waals surface area contributed by atoms with Gasteiger partial charge in [0.1, 0.15) is 17.3 Å². The van der Waals surface area contributed by atoms with Gasteiger partial charge in [-0.2, -0.15) is 0 Å². The standard InChI is InChI=1S/C36H24N4O/c1-2-11-26(12-3-1)38-25-39(34-18-7-6-17-33(34)38)27-13-10-14-28(23-27)41-29-20-21-31-30-15-4-5-16-32(30)40(35(31)24-29)36-19-8-9-22-37-36/h1-24H. The Morgan fingerprint density at radius 3 is 2.22 bits per heavy atom. The van der Waals surface area contributed by atoms with E-state index in [1.54, 1.807) is 0 Å². The number of hydrogen-bond acceptors (Lipinski definition) is 2. The van der Waals surface area contributed by atoms with Gasteiger partial charge in [0.15, 0.2) is 0 Å². The smallest absolute Gasteiger partial charge is 0.269 e. The fourth-order valence-electron chi connectivity index (χ4n) is 5.59. The molecule has 0 saturated heterocycles. The molecule has 0 radical (unpaired) electrons. The summed E-state index contributed by atoms with van der Waals surface area (Å²) in [5, 5.41) is 2.34. The number of rotatable bonds is 5. The highest BCUT2D eigenvalue weighted by molar-refractivity contribution is 6.09. The van der Waals surface area contributed by atoms with Crippen molar-refractivity contribution < 1.29 is 9.30 Å². The maximum atomic E-state index is 6.47. The molecule has 5 nitrogen and oxygen atoms in total. The Balaban J connectivity index is 1.21. The van der Waals surface area contributed by atoms with Gasteiger partial charge in [-0.3, -0.25) is 13.7 Å². The van der Waals surface area contributed by atoms with Crippen LogP contribution in [0, 0.1) is 6.33 Å². The number of ether oxygens (including phenoxy) is 1. The minimum atomic E-state index is 0.750. The Hall–Kier alpha value is -5.68. The molecule has 0 atom stereocenters. The van der Waals surface area contributed by atoms with Crippen LogP contribution in [0.15, 0.2) is 146 Å². The Bertz CT molecular complexity index is 2180. The number of nitrogens with zero attached hydrogens (tertiary/aromatic N) is 4. The van der Waals surface area contributed by atoms with Crippen LogP contribution in [0.25, 0.3) is 50.0 Å². The lowest BCUT2D eigenvalue weighted by Gasteiger charge is -2.10. The van der Waals surface area contributed by atoms with Gasteiger partial charge >= 0.3 is 0 Å². The molecular formula is C36H24N4O. The second-order valence-corrected chi connectivity index (χ2v) is 9.91. The van der Waals surface area contributed by atoms with E-state index >= 15 is 0 Å². The summed E-state index contributed by atoms with van der Waals surface area (Å²) in [6, 6.07) is 47.4. The van der Waals surface area contributed by atoms with Crippen LogP contribution in [-0.4, -0.2) is 14.1 Å². The van der Waals surface area contributed by atoms with Crippen LogP contribution in [-0.2, 0) is 0 Å². The molecule has 8 aromatic rings. The Morgan fingerprint density at radius 2 is 1.34 bits per heavy atom. The van der Waals surface area contributed by atoms with Gasteiger partial charge < -0.3 is 4.74 Å². The number of aromatic nitrogens is 4. The van der Waals surface area contributed by atoms with Gasteiger partial charge in [0.2, 0.25) is 0 Å². The first-order chi connectivity index (χ1) is 20.3. The van der Waals surface area contributed by atoms with Crippen LogP contribution in [0.5, 0.6) is 11.5 Å². The molecule has 0 aliphatic heterocycles. The zero-order valence-electron chi connectivity index (χ0n) is 22.1. The summed E-state index contributed by atoms with van der Waals surface area (Å²) >= 11 is 0. The van der Waals surface area contributed by atoms with Crippen molar-refractivity contribution >= 4 is 32.8 Å². The molecular weight excluding hydrogens is 504 g/mol. The second kappa shape index (κ2) is 9.50. The first-order valence-electron chi connectivity index (χ1n) is 13.6. The minimum Gasteiger partial charge on any atom is -0.458 e. The summed E-state index contributed by atoms with van der Waals surface area (Å²) in [6.45, 7) is 0. The maximum Gasteiger partial charge on any atom is 0.269 e. The van der Waals surface area contributed by atoms with E-state index in [1.807, 2.05) is 60.8 Å². The maximum absolute atomic E-state index is 6.47. The molecule has 3 aromatic heterocycles. The van der Waals surface area contributed by atoms with Gasteiger partial charge in [-0.15, -0.1) is 0 Å². The Kier molecular flexibility index (Phi) is 5.38. The summed E-state index contributed by atoms with van der Waals surface area (Å²) < 4.78 is 12.8. The normalized spacial score (nSPS) is 11.4. The summed E-state index contributed by atoms with van der Waals surface area (Å²) in [5.74, 6) is 2.38. The lowest BCUT2D eigenvalue weighted by molar-refractivity contribution is -0.572. The van der Waals surface area contributed by atoms with E-state index in [9.17, 15) is 0 Å². The first kappa shape index (κ1) is 23.2. The Labute approximate surface area is 236 Å². The van der Waals surface area contributed by atoms with Gasteiger partial charge in [-0.25, -0.2) is 4.98 Å². The largest absolute Gasteiger partial charge is 0.458 e. The lowest BCUT2D eigenvalue weighted by Crippen LogP contribution is -2.29. The SMILES string of the molecule is [c-]1n(-c2cccc(Oc3ccc4c5ccccc5n(-c5ccccn5)c4c3)c2)c2ccccc2[n+]1-c1ccccc1. The van der Waals surface area contributed by atoms with Crippen molar-refractivity contribution in [3.05, 3.63) is 152 Å². The van der Waals surface area contributed by atoms with Crippen molar-refractivity contribution in [2.75, 3.05) is 0 Å². The summed E-state index contributed by atoms with van der Waals surface area (Å²) in [5.41, 5.74) is 6.34. The van der Waals surface area contributed by atoms with E-state index in [2.05, 4.69) is 110 Å². The number of hydrogen-bond donors (Lipinski definition) is 0. The average Bonchev–Trinajstić information content (AvgIpc) is 3.58. The fraction of sp³-hybridized carbons (Fsp3) is 0. The number of benzene rings is 5. The van der Waals surface area contributed by atoms with Crippen molar-refractivity contribution in [1.29, 1.82) is 0 Å². The number of imidazole rings is 1. The number of para-hydroxylation sites is 4. The first-order valence-corrected chi connectivity index (χ1v) is 13.6. The molecule has 194 valence electrons. The zero-order valence-corrected chi connectivity index (χ0v) is 22.1. The monoisotopic (exact) mass is 528 g/mol. The van der Waals surface area contributed by atoms with Crippen LogP contribution in [0.4, 0.5) is 0 Å². The molecule has 0 N–H and O–H groups in total. The van der Waals surface area contributed by atoms with E-state index in [4.69, 9.17) is 4.74 Å². The second-order valence-electron chi connectivity index (χ2n) is 9.91. The third-order valence-corrected chi connectivity index (χ3v) is 7.41. The highest BCUT2D eigenvalue weighted by Gasteiger charge is 2.15. The van der Waals surface area contributed by atoms with Gasteiger partial charge in [-0.1, -0.05) is 72.8 Å². The quantitative estimate of drug-likeness (QED) is 0.168. The average molecular weight is 529 g/mol. The lowest BCUT2D eigenvalue weighted by atomic mass is 10.1. The summed E-state index contributed by atoms with van der Waals surface area (Å²) in [7, 11) is 0. The van der Waals surface area contributed by atoms with Crippen LogP contribution in [0.1, 0.15) is 0 Å². The van der Waals surface area contributed by atoms with E-state index in [0.717, 1.165) is 56.1 Å². The molecule has 8 rings (SSSR count). The predicted octanol–water partition coefficient (Wildman–Crippen LogP) is 7.99. The molecule has 0 amide bonds. The molecule has 41 heavy (non-hydrogen) atoms. The van der Waals surface area contributed by atoms with Gasteiger partial charge in [0, 0.05) is 23.0 Å². The topological polar surface area (TPSA) is 35.9 Å². The third-order valence-electron chi connectivity index (χ3n) is 7.41. The van der Waals surface area contributed by atoms with Gasteiger partial charge in [-0.05, 0) is 60.7 Å². The van der Waals surface area contributed by atoms with Crippen LogP contribution in [0.2, 0.25) is 0 Å². The minimum absolute atomic E-state index is 0.750. The van der Waals surface area contributed by atoms with Crippen molar-refractivity contribution in [3.8, 4) is 28.7 Å². The van der Waals surface area contributed by atoms with E-state index < -0.39 is 0 Å². The molecule has 0 fully saturated rings. The van der Waals surface area contributed by atoms with Crippen LogP contribution >= 0.6 is 0 Å². The Morgan fingerprint density at radius 1 is 0.585 bits per heavy atom. The molecule has 0 aliphatic carbocycles. The van der Waals surface area contributed by atoms with Crippen molar-refractivity contribution in [3.63, 3.8) is 0 Å². The molecule has 0 saturated carbocycles. The van der Waals surface area contributed by atoms with Gasteiger partial charge in [0.05, 0.1) is 33.4 Å². The van der Waals surface area contributed by atoms with Crippen molar-refractivity contribution in [1.82, 2.24) is 14.1 Å². The van der Waals surface area contributed by atoms with Crippen molar-refractivity contribution in [2.45, 2.75) is 0 Å². The zero-order chi connectivity index (χ0) is 27.2. The third kappa shape index (κ3) is 3.95. The van der Waals surface area contributed by atoms with E-state index in [-0.39, 0.29) is 0 Å². The highest BCUT2D eigenvalue weighted by atomic mass is 16.5. The molecule has 3 heterocycles. The predicted molar refractivity (Wildman–Crippen MR) is 162 cm³/mol. The molecule has 0 aliphatic rings. The fourth-order valence-corrected chi connectivity index (χ4v) is 5.59. The summed E-state index contributed by atoms with van der Waals surface area (Å²) in [6.07, 6.45) is 5.37. The highest BCUT2D eigenvalue weighted by Crippen LogP contribution is 2.35. The molecule has 5 heteroatoms. The van der Waals surface area contributed by atoms with Gasteiger partial charge in [0.25, 0.3) is 6.33 Å². The van der Waals surface area contributed by atoms with E-state index in [0.29, 0.717) is 0 Å². The van der Waals surface area contributed by atoms with E-state index in [1.165, 1.54) is 5.39 Å². The summed E-state index contributed by atoms with van der Waals surface area (Å²) in [4.78, 5) is 4.64.